The highest BCUT2D eigenvalue weighted by Crippen LogP contribution is 2.45. The molecular weight excluding hydrogens is 401 g/mol. The Bertz CT molecular complexity index is 1020. The normalized spacial score (nSPS) is 21.5. The number of rotatable bonds is 7. The maximum absolute atomic E-state index is 13.5. The van der Waals surface area contributed by atoms with Crippen molar-refractivity contribution in [3.05, 3.63) is 68.5 Å². The summed E-state index contributed by atoms with van der Waals surface area (Å²) in [7, 11) is -4.47. The number of nitrogens with one attached hydrogen (secondary N) is 1. The molecule has 2 aromatic rings. The van der Waals surface area contributed by atoms with E-state index < -0.39 is 49.6 Å². The number of nitrogens with zero attached hydrogens (tertiary/aromatic N) is 1. The molecule has 0 aliphatic carbocycles. The lowest BCUT2D eigenvalue weighted by molar-refractivity contribution is -0.0267. The van der Waals surface area contributed by atoms with Crippen molar-refractivity contribution in [1.82, 2.24) is 9.55 Å². The summed E-state index contributed by atoms with van der Waals surface area (Å²) in [4.78, 5) is 34.3. The van der Waals surface area contributed by atoms with E-state index in [4.69, 9.17) is 13.8 Å². The van der Waals surface area contributed by atoms with Crippen LogP contribution < -0.4 is 11.2 Å². The molecule has 1 aromatic carbocycles. The third-order valence-electron chi connectivity index (χ3n) is 4.08. The van der Waals surface area contributed by atoms with Crippen LogP contribution in [-0.2, 0) is 25.0 Å². The Hall–Kier alpha value is -2.17. The summed E-state index contributed by atoms with van der Waals surface area (Å²) in [5.41, 5.74) is -1.87. The number of hydrogen-bond donors (Lipinski definition) is 2. The molecule has 0 radical (unpaired) electrons. The molecule has 1 saturated heterocycles. The first-order valence-corrected chi connectivity index (χ1v) is 9.76. The highest BCUT2D eigenvalue weighted by atomic mass is 31.2. The maximum Gasteiger partial charge on any atom is 0.472 e. The Kier molecular flexibility index (Phi) is 6.21. The van der Waals surface area contributed by atoms with E-state index in [0.717, 1.165) is 10.8 Å². The molecule has 3 atom stereocenters. The van der Waals surface area contributed by atoms with Crippen LogP contribution in [0, 0.1) is 11.6 Å². The first-order chi connectivity index (χ1) is 13.2. The molecule has 2 heterocycles. The highest BCUT2D eigenvalue weighted by Gasteiger charge is 2.31. The van der Waals surface area contributed by atoms with E-state index in [1.807, 2.05) is 4.98 Å². The fourth-order valence-electron chi connectivity index (χ4n) is 2.67. The van der Waals surface area contributed by atoms with Crippen LogP contribution in [0.5, 0.6) is 0 Å². The first kappa shape index (κ1) is 20.6. The Morgan fingerprint density at radius 1 is 1.25 bits per heavy atom. The maximum atomic E-state index is 13.5. The van der Waals surface area contributed by atoms with Crippen molar-refractivity contribution >= 4 is 7.82 Å². The number of ether oxygens (including phenoxy) is 1. The van der Waals surface area contributed by atoms with Gasteiger partial charge in [-0.1, -0.05) is 18.2 Å². The SMILES string of the molecule is O=c1[nH]c(=O)n([C@H]2CC[C@@H](COP(=O)(O)OCc3ccccc3F)O2)cc1F.[HH]. The van der Waals surface area contributed by atoms with Crippen molar-refractivity contribution in [2.75, 3.05) is 6.61 Å². The summed E-state index contributed by atoms with van der Waals surface area (Å²) in [6.45, 7) is -0.789. The molecule has 0 bridgehead atoms. The summed E-state index contributed by atoms with van der Waals surface area (Å²) in [5, 5.41) is 0. The van der Waals surface area contributed by atoms with Gasteiger partial charge < -0.3 is 9.63 Å². The molecule has 0 saturated carbocycles. The van der Waals surface area contributed by atoms with Gasteiger partial charge in [0.15, 0.2) is 0 Å². The van der Waals surface area contributed by atoms with Crippen molar-refractivity contribution in [1.29, 1.82) is 0 Å². The Morgan fingerprint density at radius 2 is 2.00 bits per heavy atom. The van der Waals surface area contributed by atoms with Gasteiger partial charge in [-0.3, -0.25) is 23.4 Å². The van der Waals surface area contributed by atoms with Crippen LogP contribution in [0.4, 0.5) is 8.78 Å². The molecule has 3 rings (SSSR count). The van der Waals surface area contributed by atoms with Crippen molar-refractivity contribution in [2.45, 2.75) is 31.8 Å². The van der Waals surface area contributed by atoms with Crippen molar-refractivity contribution < 1.29 is 33.5 Å². The number of H-pyrrole nitrogens is 1. The van der Waals surface area contributed by atoms with E-state index in [9.17, 15) is 27.8 Å². The fraction of sp³-hybridized carbons (Fsp3) is 0.375. The number of halogens is 2. The zero-order valence-electron chi connectivity index (χ0n) is 14.4. The molecular formula is C16H19F2N2O7P. The lowest BCUT2D eigenvalue weighted by Gasteiger charge is -2.17. The molecule has 2 N–H and O–H groups in total. The van der Waals surface area contributed by atoms with Gasteiger partial charge in [0.2, 0.25) is 5.82 Å². The molecule has 12 heteroatoms. The van der Waals surface area contributed by atoms with Gasteiger partial charge in [0.05, 0.1) is 25.5 Å². The number of phosphoric acid groups is 1. The summed E-state index contributed by atoms with van der Waals surface area (Å²) >= 11 is 0. The van der Waals surface area contributed by atoms with Gasteiger partial charge in [0.25, 0.3) is 5.56 Å². The summed E-state index contributed by atoms with van der Waals surface area (Å²) in [6.07, 6.45) is -0.130. The van der Waals surface area contributed by atoms with Crippen LogP contribution in [0.1, 0.15) is 26.1 Å². The topological polar surface area (TPSA) is 120 Å². The minimum absolute atomic E-state index is 0. The zero-order valence-corrected chi connectivity index (χ0v) is 15.3. The number of aromatic amines is 1. The first-order valence-electron chi connectivity index (χ1n) is 8.27. The quantitative estimate of drug-likeness (QED) is 0.658. The highest BCUT2D eigenvalue weighted by molar-refractivity contribution is 7.47. The Balaban J connectivity index is 0.00000300. The molecule has 28 heavy (non-hydrogen) atoms. The van der Waals surface area contributed by atoms with Gasteiger partial charge in [-0.15, -0.1) is 0 Å². The second kappa shape index (κ2) is 8.46. The largest absolute Gasteiger partial charge is 0.472 e. The van der Waals surface area contributed by atoms with E-state index in [-0.39, 0.29) is 13.6 Å². The van der Waals surface area contributed by atoms with E-state index in [1.165, 1.54) is 18.2 Å². The monoisotopic (exact) mass is 420 g/mol. The average molecular weight is 420 g/mol. The summed E-state index contributed by atoms with van der Waals surface area (Å²) < 4.78 is 54.8. The summed E-state index contributed by atoms with van der Waals surface area (Å²) in [5.74, 6) is -1.72. The molecule has 1 aromatic heterocycles. The van der Waals surface area contributed by atoms with E-state index in [1.54, 1.807) is 6.07 Å². The third-order valence-corrected chi connectivity index (χ3v) is 5.02. The lowest BCUT2D eigenvalue weighted by Crippen LogP contribution is -2.34. The third kappa shape index (κ3) is 5.00. The van der Waals surface area contributed by atoms with Crippen LogP contribution in [0.25, 0.3) is 0 Å². The minimum Gasteiger partial charge on any atom is -0.352 e. The van der Waals surface area contributed by atoms with Gasteiger partial charge in [0, 0.05) is 6.99 Å². The Labute approximate surface area is 158 Å². The van der Waals surface area contributed by atoms with Gasteiger partial charge in [-0.2, -0.15) is 4.39 Å². The van der Waals surface area contributed by atoms with Crippen molar-refractivity contribution in [3.63, 3.8) is 0 Å². The molecule has 1 fully saturated rings. The van der Waals surface area contributed by atoms with E-state index >= 15 is 0 Å². The van der Waals surface area contributed by atoms with Crippen LogP contribution in [0.3, 0.4) is 0 Å². The standard InChI is InChI=1S/C16H17F2N2O7P.H2/c17-12-4-2-1-3-10(12)8-25-28(23,24)26-9-11-5-6-14(27-11)20-7-13(18)15(21)19-16(20)22;/h1-4,7,11,14H,5-6,8-9H2,(H,23,24)(H,19,21,22);1H/t11-,14+;/m0./s1. The van der Waals surface area contributed by atoms with Crippen molar-refractivity contribution in [2.24, 2.45) is 0 Å². The number of aromatic nitrogens is 2. The molecule has 0 amide bonds. The number of hydrogen-bond acceptors (Lipinski definition) is 6. The Morgan fingerprint density at radius 3 is 2.75 bits per heavy atom. The molecule has 1 aliphatic heterocycles. The van der Waals surface area contributed by atoms with Crippen molar-refractivity contribution in [3.8, 4) is 0 Å². The van der Waals surface area contributed by atoms with Gasteiger partial charge in [-0.05, 0) is 18.9 Å². The van der Waals surface area contributed by atoms with Gasteiger partial charge in [-0.25, -0.2) is 13.8 Å². The predicted octanol–water partition coefficient (Wildman–Crippen LogP) is 2.07. The van der Waals surface area contributed by atoms with Crippen LogP contribution in [-0.4, -0.2) is 27.2 Å². The van der Waals surface area contributed by atoms with Gasteiger partial charge in [0.1, 0.15) is 12.0 Å². The number of benzene rings is 1. The second-order valence-electron chi connectivity index (χ2n) is 6.06. The molecule has 1 aliphatic rings. The van der Waals surface area contributed by atoms with Gasteiger partial charge >= 0.3 is 13.5 Å². The lowest BCUT2D eigenvalue weighted by atomic mass is 10.2. The minimum atomic E-state index is -4.47. The van der Waals surface area contributed by atoms with Crippen LogP contribution >= 0.6 is 7.82 Å². The average Bonchev–Trinajstić information content (AvgIpc) is 3.11. The predicted molar refractivity (Wildman–Crippen MR) is 93.5 cm³/mol. The molecule has 0 spiro atoms. The van der Waals surface area contributed by atoms with E-state index in [0.29, 0.717) is 12.8 Å². The van der Waals surface area contributed by atoms with E-state index in [2.05, 4.69) is 0 Å². The number of phosphoric ester groups is 1. The summed E-state index contributed by atoms with van der Waals surface area (Å²) in [6, 6.07) is 5.62. The van der Waals surface area contributed by atoms with Crippen LogP contribution in [0.15, 0.2) is 40.1 Å². The molecule has 9 nitrogen and oxygen atoms in total. The molecule has 154 valence electrons. The van der Waals surface area contributed by atoms with Crippen LogP contribution in [0.2, 0.25) is 0 Å². The zero-order chi connectivity index (χ0) is 20.3. The fourth-order valence-corrected chi connectivity index (χ4v) is 3.40. The second-order valence-corrected chi connectivity index (χ2v) is 7.52. The molecule has 1 unspecified atom stereocenters. The smallest absolute Gasteiger partial charge is 0.352 e.